The number of anilines is 1. The molecule has 3 N–H and O–H groups in total. The second-order valence-electron chi connectivity index (χ2n) is 4.69. The van der Waals surface area contributed by atoms with Gasteiger partial charge in [-0.1, -0.05) is 11.6 Å². The Hall–Kier alpha value is -1.82. The van der Waals surface area contributed by atoms with Gasteiger partial charge in [-0.25, -0.2) is 4.98 Å². The van der Waals surface area contributed by atoms with E-state index >= 15 is 0 Å². The van der Waals surface area contributed by atoms with E-state index in [4.69, 9.17) is 17.3 Å². The number of carbonyl (C=O) groups is 2. The number of hydrogen-bond donors (Lipinski definition) is 2. The predicted octanol–water partition coefficient (Wildman–Crippen LogP) is 1.06. The van der Waals surface area contributed by atoms with Gasteiger partial charge in [-0.15, -0.1) is 0 Å². The second-order valence-corrected chi connectivity index (χ2v) is 5.08. The Labute approximate surface area is 122 Å². The number of aromatic nitrogens is 1. The highest BCUT2D eigenvalue weighted by molar-refractivity contribution is 6.29. The average Bonchev–Trinajstić information content (AvgIpc) is 2.95. The number of carbonyl (C=O) groups excluding carboxylic acids is 2. The summed E-state index contributed by atoms with van der Waals surface area (Å²) in [4.78, 5) is 29.3. The van der Waals surface area contributed by atoms with Crippen molar-refractivity contribution in [1.29, 1.82) is 0 Å². The van der Waals surface area contributed by atoms with E-state index in [1.807, 2.05) is 4.90 Å². The minimum Gasteiger partial charge on any atom is -0.397 e. The van der Waals surface area contributed by atoms with Gasteiger partial charge in [0.15, 0.2) is 0 Å². The van der Waals surface area contributed by atoms with Gasteiger partial charge in [0.2, 0.25) is 5.91 Å². The number of hydrogen-bond acceptors (Lipinski definition) is 4. The van der Waals surface area contributed by atoms with Crippen LogP contribution in [0.4, 0.5) is 5.69 Å². The third kappa shape index (κ3) is 3.60. The van der Waals surface area contributed by atoms with Crippen LogP contribution in [0.2, 0.25) is 5.15 Å². The average molecular weight is 297 g/mol. The van der Waals surface area contributed by atoms with Gasteiger partial charge in [0, 0.05) is 26.1 Å². The summed E-state index contributed by atoms with van der Waals surface area (Å²) in [5.74, 6) is -0.274. The fourth-order valence-electron chi connectivity index (χ4n) is 2.14. The van der Waals surface area contributed by atoms with Gasteiger partial charge in [-0.2, -0.15) is 0 Å². The standard InChI is InChI=1S/C13H17ClN4O2/c14-11-7-9(10(15)8-17-11)13(20)16-4-3-12(19)18-5-1-2-6-18/h7-8H,1-6,15H2,(H,16,20). The molecule has 108 valence electrons. The summed E-state index contributed by atoms with van der Waals surface area (Å²) in [5.41, 5.74) is 6.20. The maximum absolute atomic E-state index is 11.9. The molecule has 1 aliphatic heterocycles. The van der Waals surface area contributed by atoms with Crippen molar-refractivity contribution in [2.75, 3.05) is 25.4 Å². The number of pyridine rings is 1. The quantitative estimate of drug-likeness (QED) is 0.813. The van der Waals surface area contributed by atoms with E-state index in [0.717, 1.165) is 25.9 Å². The maximum Gasteiger partial charge on any atom is 0.253 e. The Morgan fingerprint density at radius 3 is 2.80 bits per heavy atom. The molecule has 1 aromatic rings. The molecule has 20 heavy (non-hydrogen) atoms. The number of nitrogens with zero attached hydrogens (tertiary/aromatic N) is 2. The molecule has 0 aliphatic carbocycles. The summed E-state index contributed by atoms with van der Waals surface area (Å²) in [6.07, 6.45) is 3.76. The number of nitrogen functional groups attached to an aromatic ring is 1. The van der Waals surface area contributed by atoms with Crippen molar-refractivity contribution in [3.8, 4) is 0 Å². The Morgan fingerprint density at radius 1 is 1.40 bits per heavy atom. The SMILES string of the molecule is Nc1cnc(Cl)cc1C(=O)NCCC(=O)N1CCCC1. The first-order chi connectivity index (χ1) is 9.58. The van der Waals surface area contributed by atoms with Crippen LogP contribution in [0.25, 0.3) is 0 Å². The van der Waals surface area contributed by atoms with Crippen molar-refractivity contribution in [3.63, 3.8) is 0 Å². The lowest BCUT2D eigenvalue weighted by molar-refractivity contribution is -0.129. The van der Waals surface area contributed by atoms with E-state index < -0.39 is 0 Å². The number of amides is 2. The first-order valence-corrected chi connectivity index (χ1v) is 6.92. The van der Waals surface area contributed by atoms with Gasteiger partial charge in [-0.05, 0) is 18.9 Å². The summed E-state index contributed by atoms with van der Waals surface area (Å²) in [6.45, 7) is 1.92. The Morgan fingerprint density at radius 2 is 2.10 bits per heavy atom. The summed E-state index contributed by atoms with van der Waals surface area (Å²) >= 11 is 5.72. The molecule has 2 heterocycles. The fraction of sp³-hybridized carbons (Fsp3) is 0.462. The lowest BCUT2D eigenvalue weighted by Gasteiger charge is -2.15. The molecule has 0 spiro atoms. The molecule has 1 aromatic heterocycles. The van der Waals surface area contributed by atoms with Crippen LogP contribution in [0.5, 0.6) is 0 Å². The minimum atomic E-state index is -0.346. The van der Waals surface area contributed by atoms with Crippen molar-refractivity contribution in [2.45, 2.75) is 19.3 Å². The molecule has 2 rings (SSSR count). The molecule has 6 nitrogen and oxygen atoms in total. The third-order valence-electron chi connectivity index (χ3n) is 3.23. The van der Waals surface area contributed by atoms with E-state index in [-0.39, 0.29) is 34.8 Å². The zero-order chi connectivity index (χ0) is 14.5. The predicted molar refractivity (Wildman–Crippen MR) is 76.4 cm³/mol. The van der Waals surface area contributed by atoms with Crippen molar-refractivity contribution >= 4 is 29.1 Å². The minimum absolute atomic E-state index is 0.0727. The first kappa shape index (κ1) is 14.6. The van der Waals surface area contributed by atoms with Crippen LogP contribution in [0.1, 0.15) is 29.6 Å². The maximum atomic E-state index is 11.9. The second kappa shape index (κ2) is 6.56. The van der Waals surface area contributed by atoms with E-state index in [9.17, 15) is 9.59 Å². The van der Waals surface area contributed by atoms with Gasteiger partial charge in [-0.3, -0.25) is 9.59 Å². The van der Waals surface area contributed by atoms with E-state index in [1.165, 1.54) is 12.3 Å². The zero-order valence-corrected chi connectivity index (χ0v) is 11.8. The van der Waals surface area contributed by atoms with Gasteiger partial charge in [0.25, 0.3) is 5.91 Å². The smallest absolute Gasteiger partial charge is 0.253 e. The van der Waals surface area contributed by atoms with Crippen LogP contribution in [0.3, 0.4) is 0 Å². The number of nitrogens with one attached hydrogen (secondary N) is 1. The summed E-state index contributed by atoms with van der Waals surface area (Å²) in [5, 5.41) is 2.87. The molecule has 0 aromatic carbocycles. The van der Waals surface area contributed by atoms with Crippen molar-refractivity contribution in [3.05, 3.63) is 23.0 Å². The normalized spacial score (nSPS) is 14.3. The van der Waals surface area contributed by atoms with Crippen LogP contribution in [0.15, 0.2) is 12.3 Å². The highest BCUT2D eigenvalue weighted by atomic mass is 35.5. The molecule has 1 aliphatic rings. The Balaban J connectivity index is 1.83. The zero-order valence-electron chi connectivity index (χ0n) is 11.1. The van der Waals surface area contributed by atoms with Crippen molar-refractivity contribution < 1.29 is 9.59 Å². The van der Waals surface area contributed by atoms with Crippen LogP contribution in [-0.2, 0) is 4.79 Å². The van der Waals surface area contributed by atoms with Crippen molar-refractivity contribution in [2.24, 2.45) is 0 Å². The van der Waals surface area contributed by atoms with Crippen molar-refractivity contribution in [1.82, 2.24) is 15.2 Å². The molecule has 0 saturated carbocycles. The monoisotopic (exact) mass is 296 g/mol. The van der Waals surface area contributed by atoms with Crippen LogP contribution in [0, 0.1) is 0 Å². The summed E-state index contributed by atoms with van der Waals surface area (Å²) in [7, 11) is 0. The lowest BCUT2D eigenvalue weighted by atomic mass is 10.2. The van der Waals surface area contributed by atoms with Gasteiger partial charge in [0.1, 0.15) is 5.15 Å². The first-order valence-electron chi connectivity index (χ1n) is 6.55. The molecule has 0 bridgehead atoms. The van der Waals surface area contributed by atoms with E-state index in [2.05, 4.69) is 10.3 Å². The highest BCUT2D eigenvalue weighted by Crippen LogP contribution is 2.14. The molecule has 1 fully saturated rings. The highest BCUT2D eigenvalue weighted by Gasteiger charge is 2.18. The molecule has 1 saturated heterocycles. The van der Waals surface area contributed by atoms with Gasteiger partial charge in [0.05, 0.1) is 17.4 Å². The molecule has 0 radical (unpaired) electrons. The number of nitrogens with two attached hydrogens (primary N) is 1. The van der Waals surface area contributed by atoms with Crippen LogP contribution in [-0.4, -0.2) is 41.3 Å². The topological polar surface area (TPSA) is 88.3 Å². The number of rotatable bonds is 4. The summed E-state index contributed by atoms with van der Waals surface area (Å²) < 4.78 is 0. The van der Waals surface area contributed by atoms with E-state index in [1.54, 1.807) is 0 Å². The third-order valence-corrected chi connectivity index (χ3v) is 3.44. The molecular formula is C13H17ClN4O2. The molecule has 0 atom stereocenters. The van der Waals surface area contributed by atoms with Crippen LogP contribution < -0.4 is 11.1 Å². The molecule has 0 unspecified atom stereocenters. The number of likely N-dealkylation sites (tertiary alicyclic amines) is 1. The fourth-order valence-corrected chi connectivity index (χ4v) is 2.30. The largest absolute Gasteiger partial charge is 0.397 e. The molecule has 2 amide bonds. The van der Waals surface area contributed by atoms with Gasteiger partial charge < -0.3 is 16.0 Å². The lowest BCUT2D eigenvalue weighted by Crippen LogP contribution is -2.32. The summed E-state index contributed by atoms with van der Waals surface area (Å²) in [6, 6.07) is 1.41. The van der Waals surface area contributed by atoms with Gasteiger partial charge >= 0.3 is 0 Å². The molecular weight excluding hydrogens is 280 g/mol. The molecule has 7 heteroatoms. The Kier molecular flexibility index (Phi) is 4.79. The number of halogens is 1. The van der Waals surface area contributed by atoms with Crippen LogP contribution >= 0.6 is 11.6 Å². The Bertz CT molecular complexity index is 515. The van der Waals surface area contributed by atoms with E-state index in [0.29, 0.717) is 6.42 Å².